The highest BCUT2D eigenvalue weighted by atomic mass is 15.0. The van der Waals surface area contributed by atoms with Crippen molar-refractivity contribution in [3.8, 4) is 39.1 Å². The van der Waals surface area contributed by atoms with Gasteiger partial charge in [0.1, 0.15) is 0 Å². The highest BCUT2D eigenvalue weighted by molar-refractivity contribution is 6.16. The molecule has 0 aliphatic rings. The molecule has 0 N–H and O–H groups in total. The summed E-state index contributed by atoms with van der Waals surface area (Å²) in [6.45, 7) is 2.12. The summed E-state index contributed by atoms with van der Waals surface area (Å²) in [5, 5.41) is 2.52. The minimum Gasteiger partial charge on any atom is -0.309 e. The van der Waals surface area contributed by atoms with Crippen LogP contribution >= 0.6 is 0 Å². The van der Waals surface area contributed by atoms with Crippen LogP contribution in [0.25, 0.3) is 60.9 Å². The Labute approximate surface area is 263 Å². The molecule has 0 aliphatic heterocycles. The van der Waals surface area contributed by atoms with Gasteiger partial charge in [0.05, 0.1) is 11.0 Å². The second-order valence-electron chi connectivity index (χ2n) is 11.6. The third-order valence-corrected chi connectivity index (χ3v) is 8.89. The van der Waals surface area contributed by atoms with Gasteiger partial charge < -0.3 is 4.57 Å². The number of fused-ring (bicyclic) bond motifs is 3. The average Bonchev–Trinajstić information content (AvgIpc) is 3.44. The number of hydrogen-bond acceptors (Lipinski definition) is 1. The molecule has 2 heteroatoms. The van der Waals surface area contributed by atoms with Crippen molar-refractivity contribution in [2.45, 2.75) is 13.3 Å². The van der Waals surface area contributed by atoms with Gasteiger partial charge in [0.15, 0.2) is 0 Å². The number of aryl methyl sites for hydroxylation is 1. The fraction of sp³-hybridized carbons (Fsp3) is 0.0465. The van der Waals surface area contributed by atoms with Gasteiger partial charge in [-0.25, -0.2) is 0 Å². The number of benzene rings is 6. The maximum Gasteiger partial charge on any atom is 0.0547 e. The molecule has 2 heterocycles. The molecule has 0 amide bonds. The largest absolute Gasteiger partial charge is 0.309 e. The Morgan fingerprint density at radius 2 is 1.11 bits per heavy atom. The summed E-state index contributed by atoms with van der Waals surface area (Å²) >= 11 is 0. The van der Waals surface area contributed by atoms with E-state index in [0.29, 0.717) is 0 Å². The summed E-state index contributed by atoms with van der Waals surface area (Å²) in [5.74, 6) is 0. The molecule has 6 aromatic carbocycles. The zero-order chi connectivity index (χ0) is 30.2. The third kappa shape index (κ3) is 4.91. The number of nitrogens with zero attached hydrogens (tertiary/aromatic N) is 2. The van der Waals surface area contributed by atoms with Crippen molar-refractivity contribution in [3.05, 3.63) is 181 Å². The van der Waals surface area contributed by atoms with Crippen LogP contribution in [0, 0.1) is 6.92 Å². The maximum absolute atomic E-state index is 4.73. The molecule has 0 radical (unpaired) electrons. The van der Waals surface area contributed by atoms with Gasteiger partial charge >= 0.3 is 0 Å². The van der Waals surface area contributed by atoms with Crippen molar-refractivity contribution in [3.63, 3.8) is 0 Å². The molecule has 0 fully saturated rings. The predicted molar refractivity (Wildman–Crippen MR) is 189 cm³/mol. The van der Waals surface area contributed by atoms with Gasteiger partial charge in [0.2, 0.25) is 0 Å². The average molecular weight is 577 g/mol. The second kappa shape index (κ2) is 11.4. The second-order valence-corrected chi connectivity index (χ2v) is 11.6. The molecule has 0 bridgehead atoms. The summed E-state index contributed by atoms with van der Waals surface area (Å²) in [7, 11) is 0. The van der Waals surface area contributed by atoms with Gasteiger partial charge in [-0.3, -0.25) is 4.98 Å². The summed E-state index contributed by atoms with van der Waals surface area (Å²) in [6, 6.07) is 56.8. The standard InChI is InChI=1S/C43H32N2/c1-30-38(16-10-28-44-30)42-36(29-31-18-20-34(21-19-31)32-11-4-2-5-12-32)24-27-41-43(42)39-15-8-9-17-40(39)45(41)37-25-22-35(23-26-37)33-13-6-3-7-14-33/h2-28H,29H2,1H3. The fourth-order valence-corrected chi connectivity index (χ4v) is 6.68. The van der Waals surface area contributed by atoms with Crippen LogP contribution in [0.15, 0.2) is 164 Å². The number of aromatic nitrogens is 2. The summed E-state index contributed by atoms with van der Waals surface area (Å²) in [6.07, 6.45) is 2.72. The smallest absolute Gasteiger partial charge is 0.0547 e. The lowest BCUT2D eigenvalue weighted by Crippen LogP contribution is -1.98. The van der Waals surface area contributed by atoms with Gasteiger partial charge in [0.25, 0.3) is 0 Å². The van der Waals surface area contributed by atoms with Crippen molar-refractivity contribution >= 4 is 21.8 Å². The van der Waals surface area contributed by atoms with Crippen molar-refractivity contribution in [1.82, 2.24) is 9.55 Å². The van der Waals surface area contributed by atoms with Crippen LogP contribution in [0.3, 0.4) is 0 Å². The number of para-hydroxylation sites is 1. The van der Waals surface area contributed by atoms with E-state index in [9.17, 15) is 0 Å². The first-order valence-corrected chi connectivity index (χ1v) is 15.5. The first kappa shape index (κ1) is 26.9. The Balaban J connectivity index is 1.30. The Kier molecular flexibility index (Phi) is 6.81. The minimum absolute atomic E-state index is 0.833. The highest BCUT2D eigenvalue weighted by Gasteiger charge is 2.20. The lowest BCUT2D eigenvalue weighted by atomic mass is 9.90. The van der Waals surface area contributed by atoms with Gasteiger partial charge in [-0.1, -0.05) is 127 Å². The number of pyridine rings is 1. The Hall–Kier alpha value is -5.73. The van der Waals surface area contributed by atoms with Crippen LogP contribution in [0.2, 0.25) is 0 Å². The van der Waals surface area contributed by atoms with Gasteiger partial charge in [0, 0.05) is 33.9 Å². The molecule has 0 saturated heterocycles. The van der Waals surface area contributed by atoms with Gasteiger partial charge in [-0.05, 0) is 82.6 Å². The summed E-state index contributed by atoms with van der Waals surface area (Å²) in [5.41, 5.74) is 14.5. The SMILES string of the molecule is Cc1ncccc1-c1c(Cc2ccc(-c3ccccc3)cc2)ccc2c1c1ccccc1n2-c1ccc(-c2ccccc2)cc1. The zero-order valence-electron chi connectivity index (χ0n) is 25.2. The van der Waals surface area contributed by atoms with E-state index in [-0.39, 0.29) is 0 Å². The van der Waals surface area contributed by atoms with Crippen LogP contribution in [0.4, 0.5) is 0 Å². The van der Waals surface area contributed by atoms with Gasteiger partial charge in [-0.2, -0.15) is 0 Å². The fourth-order valence-electron chi connectivity index (χ4n) is 6.68. The van der Waals surface area contributed by atoms with Gasteiger partial charge in [-0.15, -0.1) is 0 Å². The maximum atomic E-state index is 4.73. The predicted octanol–water partition coefficient (Wildman–Crippen LogP) is 11.1. The molecule has 0 atom stereocenters. The van der Waals surface area contributed by atoms with E-state index < -0.39 is 0 Å². The number of hydrogen-bond donors (Lipinski definition) is 0. The van der Waals surface area contributed by atoms with Crippen LogP contribution in [-0.2, 0) is 6.42 Å². The monoisotopic (exact) mass is 576 g/mol. The lowest BCUT2D eigenvalue weighted by Gasteiger charge is -2.15. The normalized spacial score (nSPS) is 11.3. The molecule has 2 aromatic heterocycles. The van der Waals surface area contributed by atoms with Crippen molar-refractivity contribution in [2.24, 2.45) is 0 Å². The number of rotatable bonds is 6. The van der Waals surface area contributed by atoms with E-state index in [2.05, 4.69) is 169 Å². The van der Waals surface area contributed by atoms with Crippen LogP contribution in [0.1, 0.15) is 16.8 Å². The Morgan fingerprint density at radius 1 is 0.511 bits per heavy atom. The van der Waals surface area contributed by atoms with Crippen LogP contribution < -0.4 is 0 Å². The quantitative estimate of drug-likeness (QED) is 0.192. The summed E-state index contributed by atoms with van der Waals surface area (Å²) < 4.78 is 2.41. The molecular weight excluding hydrogens is 544 g/mol. The third-order valence-electron chi connectivity index (χ3n) is 8.89. The molecule has 8 rings (SSSR count). The molecular formula is C43H32N2. The van der Waals surface area contributed by atoms with E-state index in [1.54, 1.807) is 0 Å². The zero-order valence-corrected chi connectivity index (χ0v) is 25.2. The molecule has 2 nitrogen and oxygen atoms in total. The highest BCUT2D eigenvalue weighted by Crippen LogP contribution is 2.42. The first-order valence-electron chi connectivity index (χ1n) is 15.5. The van der Waals surface area contributed by atoms with E-state index in [1.807, 2.05) is 6.20 Å². The molecule has 0 spiro atoms. The van der Waals surface area contributed by atoms with E-state index in [1.165, 1.54) is 66.3 Å². The molecule has 45 heavy (non-hydrogen) atoms. The van der Waals surface area contributed by atoms with Crippen LogP contribution in [0.5, 0.6) is 0 Å². The van der Waals surface area contributed by atoms with E-state index in [0.717, 1.165) is 17.8 Å². The lowest BCUT2D eigenvalue weighted by molar-refractivity contribution is 1.16. The minimum atomic E-state index is 0.833. The van der Waals surface area contributed by atoms with Crippen molar-refractivity contribution in [1.29, 1.82) is 0 Å². The topological polar surface area (TPSA) is 17.8 Å². The van der Waals surface area contributed by atoms with Crippen molar-refractivity contribution in [2.75, 3.05) is 0 Å². The first-order chi connectivity index (χ1) is 22.2. The molecule has 8 aromatic rings. The van der Waals surface area contributed by atoms with Crippen molar-refractivity contribution < 1.29 is 0 Å². The Morgan fingerprint density at radius 3 is 1.78 bits per heavy atom. The molecule has 0 aliphatic carbocycles. The molecule has 0 saturated carbocycles. The van der Waals surface area contributed by atoms with Crippen LogP contribution in [-0.4, -0.2) is 9.55 Å². The molecule has 214 valence electrons. The Bertz CT molecular complexity index is 2260. The molecule has 0 unspecified atom stereocenters. The van der Waals surface area contributed by atoms with E-state index >= 15 is 0 Å². The summed E-state index contributed by atoms with van der Waals surface area (Å²) in [4.78, 5) is 4.73. The van der Waals surface area contributed by atoms with E-state index in [4.69, 9.17) is 4.98 Å².